The minimum absolute atomic E-state index is 0.198. The summed E-state index contributed by atoms with van der Waals surface area (Å²) in [7, 11) is 0. The van der Waals surface area contributed by atoms with E-state index in [4.69, 9.17) is 14.8 Å². The average molecular weight is 322 g/mol. The molecule has 0 saturated heterocycles. The SMILES string of the molecule is N#Cc1cccc(-c2oc(-c3ccc(F)cc3)nc2CC(=O)O)c1. The Morgan fingerprint density at radius 3 is 2.62 bits per heavy atom. The summed E-state index contributed by atoms with van der Waals surface area (Å²) < 4.78 is 18.8. The topological polar surface area (TPSA) is 87.1 Å². The van der Waals surface area contributed by atoms with Crippen LogP contribution in [0.15, 0.2) is 52.9 Å². The van der Waals surface area contributed by atoms with Crippen molar-refractivity contribution in [3.8, 4) is 28.8 Å². The number of carboxylic acids is 1. The summed E-state index contributed by atoms with van der Waals surface area (Å²) in [5.41, 5.74) is 1.77. The lowest BCUT2D eigenvalue weighted by Crippen LogP contribution is -2.01. The number of rotatable bonds is 4. The summed E-state index contributed by atoms with van der Waals surface area (Å²) >= 11 is 0. The fraction of sp³-hybridized carbons (Fsp3) is 0.0556. The first kappa shape index (κ1) is 15.4. The highest BCUT2D eigenvalue weighted by molar-refractivity contribution is 5.74. The quantitative estimate of drug-likeness (QED) is 0.792. The van der Waals surface area contributed by atoms with Crippen molar-refractivity contribution in [3.05, 3.63) is 65.6 Å². The number of aliphatic carboxylic acids is 1. The van der Waals surface area contributed by atoms with Crippen molar-refractivity contribution >= 4 is 5.97 Å². The van der Waals surface area contributed by atoms with Gasteiger partial charge in [-0.25, -0.2) is 9.37 Å². The van der Waals surface area contributed by atoms with E-state index in [-0.39, 0.29) is 23.8 Å². The predicted octanol–water partition coefficient (Wildman–Crippen LogP) is 3.65. The predicted molar refractivity (Wildman–Crippen MR) is 83.4 cm³/mol. The summed E-state index contributed by atoms with van der Waals surface area (Å²) in [6, 6.07) is 14.2. The van der Waals surface area contributed by atoms with Gasteiger partial charge in [-0.05, 0) is 36.4 Å². The molecule has 118 valence electrons. The molecule has 0 aliphatic heterocycles. The third-order valence-electron chi connectivity index (χ3n) is 3.36. The molecule has 0 bridgehead atoms. The van der Waals surface area contributed by atoms with Crippen molar-refractivity contribution < 1.29 is 18.7 Å². The van der Waals surface area contributed by atoms with E-state index in [1.54, 1.807) is 24.3 Å². The van der Waals surface area contributed by atoms with Crippen molar-refractivity contribution in [1.29, 1.82) is 5.26 Å². The maximum absolute atomic E-state index is 13.0. The first-order valence-corrected chi connectivity index (χ1v) is 7.05. The van der Waals surface area contributed by atoms with Gasteiger partial charge in [-0.1, -0.05) is 12.1 Å². The van der Waals surface area contributed by atoms with Gasteiger partial charge in [0.15, 0.2) is 5.76 Å². The van der Waals surface area contributed by atoms with Crippen molar-refractivity contribution in [1.82, 2.24) is 4.98 Å². The molecule has 0 aliphatic carbocycles. The molecule has 1 aromatic heterocycles. The second kappa shape index (κ2) is 6.34. The van der Waals surface area contributed by atoms with E-state index in [0.29, 0.717) is 16.7 Å². The molecule has 1 heterocycles. The minimum Gasteiger partial charge on any atom is -0.481 e. The normalized spacial score (nSPS) is 10.3. The van der Waals surface area contributed by atoms with Crippen LogP contribution in [0.4, 0.5) is 4.39 Å². The summed E-state index contributed by atoms with van der Waals surface area (Å²) in [5, 5.41) is 18.1. The molecule has 0 radical (unpaired) electrons. The van der Waals surface area contributed by atoms with Crippen LogP contribution in [0.1, 0.15) is 11.3 Å². The van der Waals surface area contributed by atoms with Crippen molar-refractivity contribution in [2.45, 2.75) is 6.42 Å². The summed E-state index contributed by atoms with van der Waals surface area (Å²) in [4.78, 5) is 15.3. The molecule has 0 fully saturated rings. The van der Waals surface area contributed by atoms with Crippen LogP contribution in [0.25, 0.3) is 22.8 Å². The molecule has 0 amide bonds. The number of aromatic nitrogens is 1. The van der Waals surface area contributed by atoms with E-state index in [9.17, 15) is 9.18 Å². The van der Waals surface area contributed by atoms with Gasteiger partial charge >= 0.3 is 5.97 Å². The molecular formula is C18H11FN2O3. The Morgan fingerprint density at radius 1 is 1.21 bits per heavy atom. The fourth-order valence-electron chi connectivity index (χ4n) is 2.29. The summed E-state index contributed by atoms with van der Waals surface area (Å²) in [6.45, 7) is 0. The van der Waals surface area contributed by atoms with Crippen LogP contribution in [0.2, 0.25) is 0 Å². The van der Waals surface area contributed by atoms with Crippen LogP contribution in [0.3, 0.4) is 0 Å². The number of nitriles is 1. The van der Waals surface area contributed by atoms with Crippen LogP contribution >= 0.6 is 0 Å². The highest BCUT2D eigenvalue weighted by Crippen LogP contribution is 2.30. The first-order chi connectivity index (χ1) is 11.6. The van der Waals surface area contributed by atoms with Gasteiger partial charge in [-0.2, -0.15) is 5.26 Å². The van der Waals surface area contributed by atoms with E-state index < -0.39 is 11.8 Å². The Hall–Kier alpha value is -3.46. The Morgan fingerprint density at radius 2 is 1.96 bits per heavy atom. The van der Waals surface area contributed by atoms with Gasteiger partial charge in [0.05, 0.1) is 23.7 Å². The Balaban J connectivity index is 2.11. The van der Waals surface area contributed by atoms with Gasteiger partial charge in [0.1, 0.15) is 5.82 Å². The zero-order chi connectivity index (χ0) is 17.1. The highest BCUT2D eigenvalue weighted by atomic mass is 19.1. The number of carboxylic acid groups (broad SMARTS) is 1. The number of oxazole rings is 1. The number of hydrogen-bond acceptors (Lipinski definition) is 4. The maximum atomic E-state index is 13.0. The second-order valence-corrected chi connectivity index (χ2v) is 5.06. The molecule has 2 aromatic carbocycles. The van der Waals surface area contributed by atoms with Gasteiger partial charge in [-0.3, -0.25) is 4.79 Å². The molecule has 5 nitrogen and oxygen atoms in total. The third kappa shape index (κ3) is 3.15. The van der Waals surface area contributed by atoms with Gasteiger partial charge in [0.2, 0.25) is 5.89 Å². The Kier molecular flexibility index (Phi) is 4.08. The third-order valence-corrected chi connectivity index (χ3v) is 3.36. The minimum atomic E-state index is -1.05. The Bertz CT molecular complexity index is 940. The van der Waals surface area contributed by atoms with E-state index in [1.165, 1.54) is 24.3 Å². The second-order valence-electron chi connectivity index (χ2n) is 5.06. The zero-order valence-electron chi connectivity index (χ0n) is 12.4. The molecule has 3 rings (SSSR count). The lowest BCUT2D eigenvalue weighted by molar-refractivity contribution is -0.136. The van der Waals surface area contributed by atoms with Crippen molar-refractivity contribution in [3.63, 3.8) is 0 Å². The molecule has 24 heavy (non-hydrogen) atoms. The molecule has 0 saturated carbocycles. The fourth-order valence-corrected chi connectivity index (χ4v) is 2.29. The number of nitrogens with zero attached hydrogens (tertiary/aromatic N) is 2. The number of hydrogen-bond donors (Lipinski definition) is 1. The van der Waals surface area contributed by atoms with Crippen molar-refractivity contribution in [2.24, 2.45) is 0 Å². The molecule has 0 spiro atoms. The molecule has 3 aromatic rings. The molecular weight excluding hydrogens is 311 g/mol. The molecule has 0 aliphatic rings. The monoisotopic (exact) mass is 322 g/mol. The molecule has 6 heteroatoms. The maximum Gasteiger partial charge on any atom is 0.309 e. The number of benzene rings is 2. The van der Waals surface area contributed by atoms with E-state index in [0.717, 1.165) is 0 Å². The summed E-state index contributed by atoms with van der Waals surface area (Å²) in [6.07, 6.45) is -0.323. The van der Waals surface area contributed by atoms with E-state index >= 15 is 0 Å². The molecule has 0 unspecified atom stereocenters. The van der Waals surface area contributed by atoms with Crippen LogP contribution in [0, 0.1) is 17.1 Å². The number of halogens is 1. The van der Waals surface area contributed by atoms with E-state index in [1.807, 2.05) is 6.07 Å². The van der Waals surface area contributed by atoms with Gasteiger partial charge < -0.3 is 9.52 Å². The van der Waals surface area contributed by atoms with E-state index in [2.05, 4.69) is 4.98 Å². The largest absolute Gasteiger partial charge is 0.481 e. The first-order valence-electron chi connectivity index (χ1n) is 7.05. The molecule has 1 N–H and O–H groups in total. The average Bonchev–Trinajstić information content (AvgIpc) is 2.98. The van der Waals surface area contributed by atoms with Gasteiger partial charge in [-0.15, -0.1) is 0 Å². The van der Waals surface area contributed by atoms with Crippen molar-refractivity contribution in [2.75, 3.05) is 0 Å². The van der Waals surface area contributed by atoms with Gasteiger partial charge in [0.25, 0.3) is 0 Å². The standard InChI is InChI=1S/C18H11FN2O3/c19-14-6-4-12(5-7-14)18-21-15(9-16(22)23)17(24-18)13-3-1-2-11(8-13)10-20/h1-8H,9H2,(H,22,23). The lowest BCUT2D eigenvalue weighted by Gasteiger charge is -2.00. The highest BCUT2D eigenvalue weighted by Gasteiger charge is 2.19. The number of carbonyl (C=O) groups is 1. The van der Waals surface area contributed by atoms with Crippen LogP contribution in [0.5, 0.6) is 0 Å². The molecule has 0 atom stereocenters. The van der Waals surface area contributed by atoms with Gasteiger partial charge in [0, 0.05) is 11.1 Å². The Labute approximate surface area is 136 Å². The van der Waals surface area contributed by atoms with Crippen LogP contribution in [-0.4, -0.2) is 16.1 Å². The van der Waals surface area contributed by atoms with Crippen LogP contribution in [-0.2, 0) is 11.2 Å². The smallest absolute Gasteiger partial charge is 0.309 e. The van der Waals surface area contributed by atoms with Crippen LogP contribution < -0.4 is 0 Å². The lowest BCUT2D eigenvalue weighted by atomic mass is 10.1. The summed E-state index contributed by atoms with van der Waals surface area (Å²) in [5.74, 6) is -0.956. The zero-order valence-corrected chi connectivity index (χ0v) is 12.4.